The van der Waals surface area contributed by atoms with Gasteiger partial charge in [-0.25, -0.2) is 0 Å². The minimum Gasteiger partial charge on any atom is -0.497 e. The second-order valence-electron chi connectivity index (χ2n) is 8.56. The molecule has 0 saturated carbocycles. The molecule has 32 heavy (non-hydrogen) atoms. The Balaban J connectivity index is 1.37. The number of hydroxylamine groups is 2. The summed E-state index contributed by atoms with van der Waals surface area (Å²) in [5.74, 6) is 2.01. The van der Waals surface area contributed by atoms with Crippen LogP contribution in [0.5, 0.6) is 11.5 Å². The molecule has 2 aliphatic rings. The van der Waals surface area contributed by atoms with Crippen LogP contribution in [0.25, 0.3) is 0 Å². The molecular weight excluding hydrogens is 410 g/mol. The van der Waals surface area contributed by atoms with E-state index < -0.39 is 0 Å². The van der Waals surface area contributed by atoms with Gasteiger partial charge in [0.2, 0.25) is 11.8 Å². The van der Waals surface area contributed by atoms with E-state index in [9.17, 15) is 9.59 Å². The van der Waals surface area contributed by atoms with Gasteiger partial charge in [-0.15, -0.1) is 0 Å². The molecule has 1 atom stereocenters. The van der Waals surface area contributed by atoms with Gasteiger partial charge in [0.1, 0.15) is 11.5 Å². The number of benzene rings is 1. The highest BCUT2D eigenvalue weighted by Crippen LogP contribution is 2.25. The van der Waals surface area contributed by atoms with Gasteiger partial charge in [0.15, 0.2) is 0 Å². The van der Waals surface area contributed by atoms with Crippen LogP contribution < -0.4 is 14.8 Å². The zero-order valence-electron chi connectivity index (χ0n) is 19.4. The largest absolute Gasteiger partial charge is 0.497 e. The Bertz CT molecular complexity index is 751. The van der Waals surface area contributed by atoms with Crippen molar-refractivity contribution in [2.75, 3.05) is 47.0 Å². The van der Waals surface area contributed by atoms with Crippen molar-refractivity contribution in [3.8, 4) is 11.5 Å². The monoisotopic (exact) mass is 447 g/mol. The average molecular weight is 448 g/mol. The van der Waals surface area contributed by atoms with E-state index in [4.69, 9.17) is 14.3 Å². The summed E-state index contributed by atoms with van der Waals surface area (Å²) < 4.78 is 10.6. The lowest BCUT2D eigenvalue weighted by Crippen LogP contribution is -2.42. The zero-order valence-corrected chi connectivity index (χ0v) is 19.4. The maximum atomic E-state index is 12.6. The average Bonchev–Trinajstić information content (AvgIpc) is 2.85. The molecule has 2 heterocycles. The van der Waals surface area contributed by atoms with Crippen LogP contribution in [-0.4, -0.2) is 68.8 Å². The first kappa shape index (κ1) is 24.3. The molecule has 8 nitrogen and oxygen atoms in total. The van der Waals surface area contributed by atoms with Gasteiger partial charge in [-0.1, -0.05) is 0 Å². The lowest BCUT2D eigenvalue weighted by atomic mass is 9.93. The van der Waals surface area contributed by atoms with E-state index in [0.717, 1.165) is 69.7 Å². The number of carbonyl (C=O) groups excluding carboxylic acids is 2. The summed E-state index contributed by atoms with van der Waals surface area (Å²) in [5.41, 5.74) is 0.911. The summed E-state index contributed by atoms with van der Waals surface area (Å²) >= 11 is 0. The van der Waals surface area contributed by atoms with Crippen LogP contribution in [0.4, 0.5) is 0 Å². The molecule has 0 unspecified atom stereocenters. The van der Waals surface area contributed by atoms with Crippen molar-refractivity contribution >= 4 is 11.8 Å². The maximum Gasteiger partial charge on any atom is 0.223 e. The third-order valence-electron chi connectivity index (χ3n) is 6.27. The van der Waals surface area contributed by atoms with Crippen LogP contribution in [0.15, 0.2) is 18.2 Å². The molecule has 2 aliphatic heterocycles. The summed E-state index contributed by atoms with van der Waals surface area (Å²) in [6.07, 6.45) is 6.06. The molecule has 2 saturated heterocycles. The van der Waals surface area contributed by atoms with Crippen molar-refractivity contribution in [1.82, 2.24) is 15.3 Å². The Morgan fingerprint density at radius 3 is 2.75 bits per heavy atom. The molecule has 3 rings (SSSR count). The van der Waals surface area contributed by atoms with Gasteiger partial charge < -0.3 is 19.7 Å². The number of likely N-dealkylation sites (tertiary alicyclic amines) is 1. The van der Waals surface area contributed by atoms with Crippen LogP contribution in [0.3, 0.4) is 0 Å². The molecule has 8 heteroatoms. The van der Waals surface area contributed by atoms with Gasteiger partial charge in [0, 0.05) is 57.2 Å². The Hall–Kier alpha value is -2.32. The Labute approximate surface area is 191 Å². The van der Waals surface area contributed by atoms with Gasteiger partial charge >= 0.3 is 0 Å². The van der Waals surface area contributed by atoms with Crippen molar-refractivity contribution < 1.29 is 23.9 Å². The predicted molar refractivity (Wildman–Crippen MR) is 121 cm³/mol. The van der Waals surface area contributed by atoms with Crippen LogP contribution in [0.1, 0.15) is 50.5 Å². The minimum absolute atomic E-state index is 0.0218. The van der Waals surface area contributed by atoms with Gasteiger partial charge in [0.25, 0.3) is 0 Å². The number of hydrogen-bond acceptors (Lipinski definition) is 6. The number of methoxy groups -OCH3 is 2. The summed E-state index contributed by atoms with van der Waals surface area (Å²) in [5, 5.41) is 4.90. The van der Waals surface area contributed by atoms with Crippen molar-refractivity contribution in [3.05, 3.63) is 23.8 Å². The van der Waals surface area contributed by atoms with Crippen LogP contribution in [-0.2, 0) is 21.0 Å². The SMILES string of the molecule is COc1ccc(CNC(=O)CC[C@@H]2CCCN(C(=O)CCN3CCCCO3)C2)c(OC)c1. The van der Waals surface area contributed by atoms with Crippen molar-refractivity contribution in [2.24, 2.45) is 5.92 Å². The van der Waals surface area contributed by atoms with Gasteiger partial charge in [0.05, 0.1) is 20.8 Å². The number of ether oxygens (including phenoxy) is 2. The Morgan fingerprint density at radius 2 is 2.00 bits per heavy atom. The summed E-state index contributed by atoms with van der Waals surface area (Å²) in [6, 6.07) is 5.57. The maximum absolute atomic E-state index is 12.6. The van der Waals surface area contributed by atoms with E-state index >= 15 is 0 Å². The van der Waals surface area contributed by atoms with E-state index in [-0.39, 0.29) is 11.8 Å². The van der Waals surface area contributed by atoms with Crippen molar-refractivity contribution in [3.63, 3.8) is 0 Å². The quantitative estimate of drug-likeness (QED) is 0.594. The van der Waals surface area contributed by atoms with Gasteiger partial charge in [-0.05, 0) is 50.2 Å². The highest BCUT2D eigenvalue weighted by Gasteiger charge is 2.24. The highest BCUT2D eigenvalue weighted by atomic mass is 16.7. The molecule has 0 spiro atoms. The highest BCUT2D eigenvalue weighted by molar-refractivity contribution is 5.77. The van der Waals surface area contributed by atoms with Crippen LogP contribution in [0.2, 0.25) is 0 Å². The Morgan fingerprint density at radius 1 is 1.12 bits per heavy atom. The molecule has 0 aromatic heterocycles. The number of amides is 2. The van der Waals surface area contributed by atoms with Gasteiger partial charge in [-0.3, -0.25) is 14.4 Å². The smallest absolute Gasteiger partial charge is 0.223 e. The topological polar surface area (TPSA) is 80.3 Å². The molecule has 0 aliphatic carbocycles. The second-order valence-corrected chi connectivity index (χ2v) is 8.56. The van der Waals surface area contributed by atoms with E-state index in [0.29, 0.717) is 37.6 Å². The molecule has 1 N–H and O–H groups in total. The first-order chi connectivity index (χ1) is 15.6. The molecule has 1 aromatic carbocycles. The molecule has 2 amide bonds. The summed E-state index contributed by atoms with van der Waals surface area (Å²) in [4.78, 5) is 32.6. The van der Waals surface area contributed by atoms with Gasteiger partial charge in [-0.2, -0.15) is 5.06 Å². The molecule has 0 radical (unpaired) electrons. The van der Waals surface area contributed by atoms with Crippen LogP contribution >= 0.6 is 0 Å². The normalized spacial score (nSPS) is 19.4. The van der Waals surface area contributed by atoms with E-state index in [1.165, 1.54) is 0 Å². The van der Waals surface area contributed by atoms with Crippen molar-refractivity contribution in [2.45, 2.75) is 51.5 Å². The summed E-state index contributed by atoms with van der Waals surface area (Å²) in [6.45, 7) is 4.32. The lowest BCUT2D eigenvalue weighted by molar-refractivity contribution is -0.182. The fourth-order valence-corrected chi connectivity index (χ4v) is 4.35. The summed E-state index contributed by atoms with van der Waals surface area (Å²) in [7, 11) is 3.22. The number of hydrogen-bond donors (Lipinski definition) is 1. The standard InChI is InChI=1S/C24H37N3O5/c1-30-21-9-8-20(22(16-21)31-2)17-25-23(28)10-7-19-6-5-12-26(18-19)24(29)11-14-27-13-3-4-15-32-27/h8-9,16,19H,3-7,10-15,17-18H2,1-2H3,(H,25,28)/t19-/m0/s1. The second kappa shape index (κ2) is 12.6. The number of piperidine rings is 1. The third-order valence-corrected chi connectivity index (χ3v) is 6.27. The van der Waals surface area contributed by atoms with E-state index in [1.54, 1.807) is 14.2 Å². The fraction of sp³-hybridized carbons (Fsp3) is 0.667. The minimum atomic E-state index is 0.0218. The lowest BCUT2D eigenvalue weighted by Gasteiger charge is -2.33. The first-order valence-corrected chi connectivity index (χ1v) is 11.7. The molecular formula is C24H37N3O5. The Kier molecular flexibility index (Phi) is 9.62. The third kappa shape index (κ3) is 7.38. The molecule has 1 aromatic rings. The number of nitrogens with zero attached hydrogens (tertiary/aromatic N) is 2. The molecule has 2 fully saturated rings. The van der Waals surface area contributed by atoms with E-state index in [1.807, 2.05) is 28.2 Å². The van der Waals surface area contributed by atoms with Crippen LogP contribution in [0, 0.1) is 5.92 Å². The zero-order chi connectivity index (χ0) is 22.8. The molecule has 178 valence electrons. The predicted octanol–water partition coefficient (Wildman–Crippen LogP) is 2.76. The number of carbonyl (C=O) groups is 2. The molecule has 0 bridgehead atoms. The number of rotatable bonds is 10. The van der Waals surface area contributed by atoms with Crippen molar-refractivity contribution in [1.29, 1.82) is 0 Å². The number of nitrogens with one attached hydrogen (secondary N) is 1. The first-order valence-electron chi connectivity index (χ1n) is 11.7. The van der Waals surface area contributed by atoms with E-state index in [2.05, 4.69) is 5.32 Å². The fourth-order valence-electron chi connectivity index (χ4n) is 4.35.